The summed E-state index contributed by atoms with van der Waals surface area (Å²) in [5.74, 6) is -1.10. The Kier molecular flexibility index (Phi) is 6.54. The summed E-state index contributed by atoms with van der Waals surface area (Å²) in [6.07, 6.45) is 3.23. The first-order chi connectivity index (χ1) is 12.3. The smallest absolute Gasteiger partial charge is 0.326 e. The van der Waals surface area contributed by atoms with Gasteiger partial charge in [0.1, 0.15) is 10.9 Å². The van der Waals surface area contributed by atoms with Crippen LogP contribution in [0.2, 0.25) is 0 Å². The van der Waals surface area contributed by atoms with Gasteiger partial charge in [-0.1, -0.05) is 19.8 Å². The Hall–Kier alpha value is -2.20. The van der Waals surface area contributed by atoms with Gasteiger partial charge in [0.25, 0.3) is 5.69 Å². The van der Waals surface area contributed by atoms with Crippen molar-refractivity contribution in [1.29, 1.82) is 0 Å². The normalized spacial score (nSPS) is 16.3. The minimum absolute atomic E-state index is 0.0750. The van der Waals surface area contributed by atoms with E-state index in [0.29, 0.717) is 25.9 Å². The van der Waals surface area contributed by atoms with Gasteiger partial charge in [0.15, 0.2) is 0 Å². The van der Waals surface area contributed by atoms with Crippen LogP contribution in [0.3, 0.4) is 0 Å². The van der Waals surface area contributed by atoms with Crippen molar-refractivity contribution < 1.29 is 23.2 Å². The van der Waals surface area contributed by atoms with Crippen molar-refractivity contribution in [3.63, 3.8) is 0 Å². The highest BCUT2D eigenvalue weighted by Gasteiger charge is 2.32. The third-order valence-electron chi connectivity index (χ3n) is 4.33. The van der Waals surface area contributed by atoms with Crippen LogP contribution in [0.4, 0.5) is 11.4 Å². The molecule has 2 rings (SSSR count). The van der Waals surface area contributed by atoms with E-state index >= 15 is 0 Å². The van der Waals surface area contributed by atoms with Gasteiger partial charge in [0.2, 0.25) is 10.0 Å². The number of nitro groups is 1. The summed E-state index contributed by atoms with van der Waals surface area (Å²) in [6, 6.07) is 2.46. The fourth-order valence-electron chi connectivity index (χ4n) is 2.88. The molecule has 1 aromatic carbocycles. The Morgan fingerprint density at radius 2 is 2.04 bits per heavy atom. The number of hydrogen-bond acceptors (Lipinski definition) is 6. The molecule has 1 aliphatic rings. The van der Waals surface area contributed by atoms with Crippen LogP contribution in [0.25, 0.3) is 0 Å². The zero-order chi connectivity index (χ0) is 19.3. The van der Waals surface area contributed by atoms with Crippen molar-refractivity contribution in [2.45, 2.75) is 50.0 Å². The lowest BCUT2D eigenvalue weighted by Gasteiger charge is -2.21. The van der Waals surface area contributed by atoms with E-state index in [0.717, 1.165) is 25.3 Å². The number of nitro benzene ring substituents is 1. The second-order valence-electron chi connectivity index (χ2n) is 6.23. The van der Waals surface area contributed by atoms with E-state index < -0.39 is 27.0 Å². The van der Waals surface area contributed by atoms with Gasteiger partial charge in [-0.3, -0.25) is 10.1 Å². The fraction of sp³-hybridized carbons (Fsp3) is 0.562. The molecule has 1 atom stereocenters. The second-order valence-corrected chi connectivity index (χ2v) is 8.13. The Morgan fingerprint density at radius 3 is 2.58 bits per heavy atom. The molecule has 1 heterocycles. The first kappa shape index (κ1) is 20.1. The molecule has 0 amide bonds. The number of carboxylic acids is 1. The molecular weight excluding hydrogens is 362 g/mol. The van der Waals surface area contributed by atoms with Gasteiger partial charge >= 0.3 is 5.97 Å². The number of hydrogen-bond donors (Lipinski definition) is 2. The lowest BCUT2D eigenvalue weighted by molar-refractivity contribution is -0.385. The average Bonchev–Trinajstić information content (AvgIpc) is 3.13. The summed E-state index contributed by atoms with van der Waals surface area (Å²) in [5.41, 5.74) is -0.278. The van der Waals surface area contributed by atoms with E-state index in [-0.39, 0.29) is 16.3 Å². The Labute approximate surface area is 152 Å². The first-order valence-corrected chi connectivity index (χ1v) is 9.99. The minimum Gasteiger partial charge on any atom is -0.480 e. The van der Waals surface area contributed by atoms with Gasteiger partial charge in [-0.25, -0.2) is 13.2 Å². The minimum atomic E-state index is -3.94. The van der Waals surface area contributed by atoms with Crippen LogP contribution in [-0.4, -0.2) is 47.9 Å². The number of anilines is 1. The predicted octanol–water partition coefficient (Wildman–Crippen LogP) is 2.43. The number of sulfonamides is 1. The molecule has 1 unspecified atom stereocenters. The highest BCUT2D eigenvalue weighted by atomic mass is 32.2. The van der Waals surface area contributed by atoms with E-state index in [1.807, 2.05) is 6.92 Å². The number of carbonyl (C=O) groups is 1. The number of carboxylic acid groups (broad SMARTS) is 1. The maximum absolute atomic E-state index is 12.9. The molecule has 0 aromatic heterocycles. The average molecular weight is 385 g/mol. The van der Waals surface area contributed by atoms with Gasteiger partial charge in [-0.15, -0.1) is 0 Å². The van der Waals surface area contributed by atoms with E-state index in [1.165, 1.54) is 16.4 Å². The monoisotopic (exact) mass is 385 g/mol. The molecular formula is C16H23N3O6S. The van der Waals surface area contributed by atoms with Crippen LogP contribution in [0.15, 0.2) is 23.1 Å². The Balaban J connectivity index is 2.44. The van der Waals surface area contributed by atoms with E-state index in [9.17, 15) is 28.4 Å². The van der Waals surface area contributed by atoms with Gasteiger partial charge < -0.3 is 10.4 Å². The molecule has 1 saturated heterocycles. The number of aliphatic carboxylic acids is 1. The second kappa shape index (κ2) is 8.45. The number of rotatable bonds is 9. The third kappa shape index (κ3) is 4.50. The third-order valence-corrected chi connectivity index (χ3v) is 6.27. The summed E-state index contributed by atoms with van der Waals surface area (Å²) in [4.78, 5) is 21.6. The zero-order valence-corrected chi connectivity index (χ0v) is 15.4. The highest BCUT2D eigenvalue weighted by Crippen LogP contribution is 2.31. The number of unbranched alkanes of at least 4 members (excludes halogenated alkanes) is 1. The summed E-state index contributed by atoms with van der Waals surface area (Å²) in [7, 11) is -3.94. The molecule has 0 bridgehead atoms. The molecule has 0 radical (unpaired) electrons. The van der Waals surface area contributed by atoms with Crippen molar-refractivity contribution in [3.8, 4) is 0 Å². The molecule has 26 heavy (non-hydrogen) atoms. The summed E-state index contributed by atoms with van der Waals surface area (Å²) >= 11 is 0. The lowest BCUT2D eigenvalue weighted by atomic mass is 10.1. The molecule has 1 aliphatic heterocycles. The molecule has 2 N–H and O–H groups in total. The first-order valence-electron chi connectivity index (χ1n) is 8.55. The maximum atomic E-state index is 12.9. The fourth-order valence-corrected chi connectivity index (χ4v) is 4.57. The van der Waals surface area contributed by atoms with Crippen molar-refractivity contribution in [3.05, 3.63) is 28.3 Å². The van der Waals surface area contributed by atoms with E-state index in [1.54, 1.807) is 0 Å². The van der Waals surface area contributed by atoms with Crippen LogP contribution in [0.1, 0.15) is 39.0 Å². The summed E-state index contributed by atoms with van der Waals surface area (Å²) < 4.78 is 27.1. The van der Waals surface area contributed by atoms with Crippen molar-refractivity contribution in [2.24, 2.45) is 0 Å². The standard InChI is InChI=1S/C16H23N3O6S/c1-2-3-6-14(16(20)21)17-13-8-7-12(19(22)23)11-15(13)26(24,25)18-9-4-5-10-18/h7-8,11,14,17H,2-6,9-10H2,1H3,(H,20,21). The van der Waals surface area contributed by atoms with Crippen molar-refractivity contribution in [1.82, 2.24) is 4.31 Å². The summed E-state index contributed by atoms with van der Waals surface area (Å²) in [6.45, 7) is 2.62. The lowest BCUT2D eigenvalue weighted by Crippen LogP contribution is -2.32. The zero-order valence-electron chi connectivity index (χ0n) is 14.6. The van der Waals surface area contributed by atoms with Crippen LogP contribution in [-0.2, 0) is 14.8 Å². The van der Waals surface area contributed by atoms with Gasteiger partial charge in [-0.2, -0.15) is 4.31 Å². The molecule has 144 valence electrons. The molecule has 9 nitrogen and oxygen atoms in total. The molecule has 0 spiro atoms. The topological polar surface area (TPSA) is 130 Å². The number of benzene rings is 1. The largest absolute Gasteiger partial charge is 0.480 e. The van der Waals surface area contributed by atoms with Crippen LogP contribution in [0, 0.1) is 10.1 Å². The molecule has 1 aromatic rings. The SMILES string of the molecule is CCCCC(Nc1ccc([N+](=O)[O-])cc1S(=O)(=O)N1CCCC1)C(=O)O. The molecule has 10 heteroatoms. The van der Waals surface area contributed by atoms with Crippen LogP contribution >= 0.6 is 0 Å². The number of non-ortho nitro benzene ring substituents is 1. The number of nitrogens with zero attached hydrogens (tertiary/aromatic N) is 2. The molecule has 1 fully saturated rings. The Morgan fingerprint density at radius 1 is 1.38 bits per heavy atom. The quantitative estimate of drug-likeness (QED) is 0.493. The van der Waals surface area contributed by atoms with Gasteiger partial charge in [0.05, 0.1) is 10.6 Å². The summed E-state index contributed by atoms with van der Waals surface area (Å²) in [5, 5.41) is 23.2. The number of nitrogens with one attached hydrogen (secondary N) is 1. The molecule has 0 saturated carbocycles. The predicted molar refractivity (Wildman–Crippen MR) is 95.7 cm³/mol. The van der Waals surface area contributed by atoms with Crippen molar-refractivity contribution in [2.75, 3.05) is 18.4 Å². The highest BCUT2D eigenvalue weighted by molar-refractivity contribution is 7.89. The van der Waals surface area contributed by atoms with Crippen LogP contribution in [0.5, 0.6) is 0 Å². The van der Waals surface area contributed by atoms with Gasteiger partial charge in [0, 0.05) is 25.2 Å². The molecule has 0 aliphatic carbocycles. The van der Waals surface area contributed by atoms with Crippen molar-refractivity contribution >= 4 is 27.4 Å². The van der Waals surface area contributed by atoms with Crippen LogP contribution < -0.4 is 5.32 Å². The van der Waals surface area contributed by atoms with E-state index in [2.05, 4.69) is 5.32 Å². The maximum Gasteiger partial charge on any atom is 0.326 e. The van der Waals surface area contributed by atoms with E-state index in [4.69, 9.17) is 0 Å². The van der Waals surface area contributed by atoms with Gasteiger partial charge in [-0.05, 0) is 25.3 Å². The Bertz CT molecular complexity index is 774.